The van der Waals surface area contributed by atoms with Gasteiger partial charge in [0.15, 0.2) is 0 Å². The lowest BCUT2D eigenvalue weighted by Crippen LogP contribution is -2.46. The Balaban J connectivity index is 1.86. The number of hydrogen-bond donors (Lipinski definition) is 2. The van der Waals surface area contributed by atoms with Crippen LogP contribution in [-0.2, 0) is 4.79 Å². The van der Waals surface area contributed by atoms with Gasteiger partial charge < -0.3 is 5.73 Å². The van der Waals surface area contributed by atoms with Gasteiger partial charge in [-0.3, -0.25) is 15.0 Å². The maximum absolute atomic E-state index is 11.5. The van der Waals surface area contributed by atoms with E-state index in [1.165, 1.54) is 25.7 Å². The van der Waals surface area contributed by atoms with Crippen LogP contribution >= 0.6 is 0 Å². The summed E-state index contributed by atoms with van der Waals surface area (Å²) in [6.45, 7) is 2.47. The number of nitrogens with zero attached hydrogens (tertiary/aromatic N) is 1. The van der Waals surface area contributed by atoms with Gasteiger partial charge in [-0.05, 0) is 38.5 Å². The molecule has 0 saturated heterocycles. The molecule has 90 valence electrons. The summed E-state index contributed by atoms with van der Waals surface area (Å²) in [7, 11) is 0. The molecule has 2 fully saturated rings. The van der Waals surface area contributed by atoms with Gasteiger partial charge in [0.25, 0.3) is 0 Å². The van der Waals surface area contributed by atoms with Gasteiger partial charge in [-0.15, -0.1) is 0 Å². The first-order chi connectivity index (χ1) is 7.58. The van der Waals surface area contributed by atoms with Crippen molar-refractivity contribution in [2.24, 2.45) is 11.7 Å². The van der Waals surface area contributed by atoms with E-state index < -0.39 is 6.03 Å². The molecule has 1 unspecified atom stereocenters. The van der Waals surface area contributed by atoms with E-state index in [0.29, 0.717) is 18.6 Å². The molecule has 2 rings (SSSR count). The Bertz CT molecular complexity index is 298. The zero-order valence-corrected chi connectivity index (χ0v) is 9.61. The second-order valence-corrected chi connectivity index (χ2v) is 4.89. The Morgan fingerprint density at radius 2 is 2.00 bits per heavy atom. The minimum absolute atomic E-state index is 0.285. The average Bonchev–Trinajstić information content (AvgIpc) is 3.02. The molecule has 2 aliphatic carbocycles. The van der Waals surface area contributed by atoms with E-state index in [0.717, 1.165) is 5.92 Å². The average molecular weight is 225 g/mol. The number of amides is 3. The van der Waals surface area contributed by atoms with E-state index in [4.69, 9.17) is 5.73 Å². The number of primary amides is 1. The second kappa shape index (κ2) is 4.41. The van der Waals surface area contributed by atoms with Crippen LogP contribution in [-0.4, -0.2) is 35.5 Å². The first-order valence-electron chi connectivity index (χ1n) is 5.93. The van der Waals surface area contributed by atoms with E-state index in [2.05, 4.69) is 17.1 Å². The minimum atomic E-state index is -0.764. The Morgan fingerprint density at radius 3 is 2.44 bits per heavy atom. The molecule has 0 radical (unpaired) electrons. The summed E-state index contributed by atoms with van der Waals surface area (Å²) in [5.41, 5.74) is 4.92. The van der Waals surface area contributed by atoms with Crippen LogP contribution in [0.1, 0.15) is 32.6 Å². The van der Waals surface area contributed by atoms with Crippen molar-refractivity contribution in [2.45, 2.75) is 44.7 Å². The van der Waals surface area contributed by atoms with Gasteiger partial charge >= 0.3 is 6.03 Å². The first-order valence-corrected chi connectivity index (χ1v) is 5.93. The molecule has 0 aliphatic heterocycles. The third-order valence-corrected chi connectivity index (χ3v) is 3.43. The van der Waals surface area contributed by atoms with Crippen LogP contribution in [0.15, 0.2) is 0 Å². The van der Waals surface area contributed by atoms with Crippen LogP contribution in [0.3, 0.4) is 0 Å². The van der Waals surface area contributed by atoms with Crippen molar-refractivity contribution in [1.82, 2.24) is 10.2 Å². The van der Waals surface area contributed by atoms with Crippen LogP contribution in [0.4, 0.5) is 4.79 Å². The van der Waals surface area contributed by atoms with E-state index >= 15 is 0 Å². The summed E-state index contributed by atoms with van der Waals surface area (Å²) >= 11 is 0. The summed E-state index contributed by atoms with van der Waals surface area (Å²) in [4.78, 5) is 24.3. The van der Waals surface area contributed by atoms with Gasteiger partial charge in [0, 0.05) is 12.1 Å². The lowest BCUT2D eigenvalue weighted by molar-refractivity contribution is -0.121. The standard InChI is InChI=1S/C11H19N3O2/c1-7(8-2-3-8)14(9-4-5-9)6-10(15)13-11(12)16/h7-9H,2-6H2,1H3,(H3,12,13,15,16). The van der Waals surface area contributed by atoms with Gasteiger partial charge in [0.1, 0.15) is 0 Å². The van der Waals surface area contributed by atoms with Crippen molar-refractivity contribution in [3.05, 3.63) is 0 Å². The van der Waals surface area contributed by atoms with Gasteiger partial charge in [-0.1, -0.05) is 0 Å². The van der Waals surface area contributed by atoms with Crippen molar-refractivity contribution in [3.8, 4) is 0 Å². The largest absolute Gasteiger partial charge is 0.351 e. The molecule has 0 aromatic carbocycles. The molecule has 1 atom stereocenters. The van der Waals surface area contributed by atoms with E-state index in [1.54, 1.807) is 0 Å². The summed E-state index contributed by atoms with van der Waals surface area (Å²) in [5, 5.41) is 2.13. The lowest BCUT2D eigenvalue weighted by Gasteiger charge is -2.28. The monoisotopic (exact) mass is 225 g/mol. The van der Waals surface area contributed by atoms with Crippen molar-refractivity contribution < 1.29 is 9.59 Å². The Kier molecular flexibility index (Phi) is 3.14. The van der Waals surface area contributed by atoms with E-state index in [9.17, 15) is 9.59 Å². The van der Waals surface area contributed by atoms with Gasteiger partial charge in [0.05, 0.1) is 6.54 Å². The fourth-order valence-corrected chi connectivity index (χ4v) is 2.20. The summed E-state index contributed by atoms with van der Waals surface area (Å²) in [5.74, 6) is 0.453. The minimum Gasteiger partial charge on any atom is -0.351 e. The Labute approximate surface area is 95.3 Å². The molecule has 5 heteroatoms. The number of hydrogen-bond acceptors (Lipinski definition) is 3. The van der Waals surface area contributed by atoms with Gasteiger partial charge in [-0.2, -0.15) is 0 Å². The molecule has 0 aromatic heterocycles. The van der Waals surface area contributed by atoms with Crippen molar-refractivity contribution in [1.29, 1.82) is 0 Å². The molecule has 0 spiro atoms. The van der Waals surface area contributed by atoms with Crippen LogP contribution < -0.4 is 11.1 Å². The van der Waals surface area contributed by atoms with Crippen LogP contribution in [0.5, 0.6) is 0 Å². The number of nitrogens with two attached hydrogens (primary N) is 1. The second-order valence-electron chi connectivity index (χ2n) is 4.89. The highest BCUT2D eigenvalue weighted by Gasteiger charge is 2.39. The summed E-state index contributed by atoms with van der Waals surface area (Å²) in [6, 6.07) is 0.222. The highest BCUT2D eigenvalue weighted by Crippen LogP contribution is 2.39. The summed E-state index contributed by atoms with van der Waals surface area (Å²) in [6.07, 6.45) is 4.87. The zero-order chi connectivity index (χ0) is 11.7. The normalized spacial score (nSPS) is 21.9. The molecule has 0 heterocycles. The van der Waals surface area contributed by atoms with Crippen LogP contribution in [0, 0.1) is 5.92 Å². The lowest BCUT2D eigenvalue weighted by atomic mass is 10.2. The molecule has 5 nitrogen and oxygen atoms in total. The van der Waals surface area contributed by atoms with Crippen molar-refractivity contribution in [3.63, 3.8) is 0 Å². The molecule has 2 saturated carbocycles. The number of rotatable bonds is 5. The van der Waals surface area contributed by atoms with Gasteiger partial charge in [-0.25, -0.2) is 4.79 Å². The fourth-order valence-electron chi connectivity index (χ4n) is 2.20. The fraction of sp³-hybridized carbons (Fsp3) is 0.818. The molecule has 2 aliphatic rings. The van der Waals surface area contributed by atoms with Crippen LogP contribution in [0.25, 0.3) is 0 Å². The molecule has 0 aromatic rings. The third kappa shape index (κ3) is 2.95. The molecule has 0 bridgehead atoms. The van der Waals surface area contributed by atoms with E-state index in [-0.39, 0.29) is 5.91 Å². The van der Waals surface area contributed by atoms with E-state index in [1.807, 2.05) is 0 Å². The quantitative estimate of drug-likeness (QED) is 0.713. The molecular weight excluding hydrogens is 206 g/mol. The number of carbonyl (C=O) groups is 2. The Morgan fingerprint density at radius 1 is 1.38 bits per heavy atom. The number of nitrogens with one attached hydrogen (secondary N) is 1. The van der Waals surface area contributed by atoms with Crippen LogP contribution in [0.2, 0.25) is 0 Å². The molecule has 3 N–H and O–H groups in total. The maximum Gasteiger partial charge on any atom is 0.318 e. The highest BCUT2D eigenvalue weighted by molar-refractivity contribution is 5.94. The summed E-state index contributed by atoms with van der Waals surface area (Å²) < 4.78 is 0. The SMILES string of the molecule is CC(C1CC1)N(CC(=O)NC(N)=O)C1CC1. The first kappa shape index (κ1) is 11.4. The number of urea groups is 1. The highest BCUT2D eigenvalue weighted by atomic mass is 16.2. The molecular formula is C11H19N3O2. The predicted octanol–water partition coefficient (Wildman–Crippen LogP) is 0.444. The Hall–Kier alpha value is -1.10. The topological polar surface area (TPSA) is 75.4 Å². The number of imide groups is 1. The zero-order valence-electron chi connectivity index (χ0n) is 9.61. The molecule has 3 amide bonds. The van der Waals surface area contributed by atoms with Crippen molar-refractivity contribution >= 4 is 11.9 Å². The number of carbonyl (C=O) groups excluding carboxylic acids is 2. The van der Waals surface area contributed by atoms with Gasteiger partial charge in [0.2, 0.25) is 5.91 Å². The smallest absolute Gasteiger partial charge is 0.318 e. The third-order valence-electron chi connectivity index (χ3n) is 3.43. The molecule has 16 heavy (non-hydrogen) atoms. The van der Waals surface area contributed by atoms with Crippen molar-refractivity contribution in [2.75, 3.05) is 6.54 Å². The predicted molar refractivity (Wildman–Crippen MR) is 59.6 cm³/mol. The maximum atomic E-state index is 11.5.